The zero-order valence-corrected chi connectivity index (χ0v) is 10.1. The van der Waals surface area contributed by atoms with E-state index < -0.39 is 7.12 Å². The molecule has 17 heavy (non-hydrogen) atoms. The molecule has 1 aromatic heterocycles. The number of ketones is 1. The van der Waals surface area contributed by atoms with Gasteiger partial charge in [-0.1, -0.05) is 24.3 Å². The predicted molar refractivity (Wildman–Crippen MR) is 71.4 cm³/mol. The minimum absolute atomic E-state index is 0.0707. The monoisotopic (exact) mass is 246 g/mol. The molecule has 0 aliphatic heterocycles. The summed E-state index contributed by atoms with van der Waals surface area (Å²) < 4.78 is 1.43. The molecule has 5 heteroatoms. The van der Waals surface area contributed by atoms with Crippen LogP contribution in [0.5, 0.6) is 0 Å². The molecule has 0 aliphatic rings. The highest BCUT2D eigenvalue weighted by Gasteiger charge is 2.20. The van der Waals surface area contributed by atoms with E-state index in [9.17, 15) is 14.8 Å². The first-order chi connectivity index (χ1) is 8.09. The molecule has 1 heterocycles. The van der Waals surface area contributed by atoms with E-state index in [4.69, 9.17) is 0 Å². The van der Waals surface area contributed by atoms with Crippen molar-refractivity contribution in [3.05, 3.63) is 35.9 Å². The van der Waals surface area contributed by atoms with Gasteiger partial charge in [-0.15, -0.1) is 11.3 Å². The molecule has 2 N–H and O–H groups in total. The fraction of sp³-hybridized carbons (Fsp3) is 0.0833. The highest BCUT2D eigenvalue weighted by Crippen LogP contribution is 2.25. The van der Waals surface area contributed by atoms with Gasteiger partial charge in [0, 0.05) is 9.48 Å². The fourth-order valence-electron chi connectivity index (χ4n) is 1.65. The summed E-state index contributed by atoms with van der Waals surface area (Å²) in [5.41, 5.74) is 0.704. The number of carbonyl (C=O) groups is 1. The number of carbonyl (C=O) groups excluding carboxylic acids is 1. The second-order valence-electron chi connectivity index (χ2n) is 3.69. The van der Waals surface area contributed by atoms with Crippen LogP contribution in [0.15, 0.2) is 30.3 Å². The van der Waals surface area contributed by atoms with E-state index >= 15 is 0 Å². The minimum atomic E-state index is -1.51. The van der Waals surface area contributed by atoms with E-state index in [1.54, 1.807) is 6.08 Å². The Balaban J connectivity index is 2.63. The molecule has 2 aromatic rings. The topological polar surface area (TPSA) is 57.5 Å². The van der Waals surface area contributed by atoms with Crippen molar-refractivity contribution in [2.75, 3.05) is 0 Å². The van der Waals surface area contributed by atoms with E-state index in [-0.39, 0.29) is 5.78 Å². The van der Waals surface area contributed by atoms with Crippen molar-refractivity contribution >= 4 is 45.2 Å². The molecule has 0 saturated carbocycles. The average molecular weight is 246 g/mol. The van der Waals surface area contributed by atoms with Crippen LogP contribution in [0.3, 0.4) is 0 Å². The van der Waals surface area contributed by atoms with Crippen molar-refractivity contribution in [1.29, 1.82) is 0 Å². The van der Waals surface area contributed by atoms with Crippen LogP contribution < -0.4 is 4.78 Å². The fourth-order valence-corrected chi connectivity index (χ4v) is 2.71. The summed E-state index contributed by atoms with van der Waals surface area (Å²) in [6, 6.07) is 7.59. The number of thiophene rings is 1. The predicted octanol–water partition coefficient (Wildman–Crippen LogP) is 1.18. The summed E-state index contributed by atoms with van der Waals surface area (Å²) in [4.78, 5) is 10.9. The van der Waals surface area contributed by atoms with E-state index in [0.29, 0.717) is 10.3 Å². The zero-order valence-electron chi connectivity index (χ0n) is 9.25. The molecule has 3 nitrogen and oxygen atoms in total. The summed E-state index contributed by atoms with van der Waals surface area (Å²) in [5.74, 6) is -0.0707. The van der Waals surface area contributed by atoms with Gasteiger partial charge < -0.3 is 10.0 Å². The van der Waals surface area contributed by atoms with Gasteiger partial charge in [-0.25, -0.2) is 0 Å². The van der Waals surface area contributed by atoms with Crippen LogP contribution in [0.2, 0.25) is 0 Å². The van der Waals surface area contributed by atoms with Crippen molar-refractivity contribution in [3.63, 3.8) is 0 Å². The van der Waals surface area contributed by atoms with E-state index in [2.05, 4.69) is 0 Å². The lowest BCUT2D eigenvalue weighted by atomic mass is 9.85. The second kappa shape index (κ2) is 4.83. The van der Waals surface area contributed by atoms with Gasteiger partial charge in [0.15, 0.2) is 5.78 Å². The first-order valence-corrected chi connectivity index (χ1v) is 5.97. The van der Waals surface area contributed by atoms with E-state index in [1.807, 2.05) is 24.3 Å². The lowest BCUT2D eigenvalue weighted by molar-refractivity contribution is -0.112. The Morgan fingerprint density at radius 2 is 2.06 bits per heavy atom. The number of hydrogen-bond acceptors (Lipinski definition) is 4. The number of hydrogen-bond donors (Lipinski definition) is 2. The maximum absolute atomic E-state index is 10.9. The van der Waals surface area contributed by atoms with Crippen molar-refractivity contribution in [2.24, 2.45) is 0 Å². The summed E-state index contributed by atoms with van der Waals surface area (Å²) in [6.45, 7) is 1.46. The molecule has 0 bridgehead atoms. The Morgan fingerprint density at radius 3 is 2.71 bits per heavy atom. The Morgan fingerprint density at radius 1 is 1.35 bits per heavy atom. The van der Waals surface area contributed by atoms with Gasteiger partial charge in [0.05, 0.1) is 0 Å². The van der Waals surface area contributed by atoms with E-state index in [0.717, 1.165) is 10.1 Å². The first kappa shape index (κ1) is 12.0. The van der Waals surface area contributed by atoms with Crippen LogP contribution in [0, 0.1) is 0 Å². The minimum Gasteiger partial charge on any atom is -0.423 e. The lowest BCUT2D eigenvalue weighted by Gasteiger charge is -1.97. The van der Waals surface area contributed by atoms with Crippen LogP contribution in [0.25, 0.3) is 16.2 Å². The van der Waals surface area contributed by atoms with Crippen LogP contribution in [-0.4, -0.2) is 22.9 Å². The summed E-state index contributed by atoms with van der Waals surface area (Å²) in [6.07, 6.45) is 3.07. The number of allylic oxidation sites excluding steroid dienone is 1. The van der Waals surface area contributed by atoms with Crippen molar-refractivity contribution in [2.45, 2.75) is 6.92 Å². The number of fused-ring (bicyclic) bond motifs is 1. The first-order valence-electron chi connectivity index (χ1n) is 5.16. The highest BCUT2D eigenvalue weighted by atomic mass is 32.1. The van der Waals surface area contributed by atoms with Gasteiger partial charge in [0.25, 0.3) is 0 Å². The average Bonchev–Trinajstić information content (AvgIpc) is 2.65. The molecule has 86 valence electrons. The van der Waals surface area contributed by atoms with Crippen LogP contribution in [0.4, 0.5) is 0 Å². The molecule has 1 aromatic carbocycles. The SMILES string of the molecule is CC(=O)/C=C/c1c(B(O)O)sc2ccccc12. The standard InChI is InChI=1S/C12H11BO3S/c1-8(14)6-7-10-9-4-2-3-5-11(9)17-12(10)13(15)16/h2-7,15-16H,1H3/b7-6+. The molecule has 0 fully saturated rings. The lowest BCUT2D eigenvalue weighted by Crippen LogP contribution is -2.28. The van der Waals surface area contributed by atoms with Gasteiger partial charge in [0.1, 0.15) is 0 Å². The van der Waals surface area contributed by atoms with Gasteiger partial charge in [0.2, 0.25) is 0 Å². The van der Waals surface area contributed by atoms with E-state index in [1.165, 1.54) is 24.3 Å². The summed E-state index contributed by atoms with van der Waals surface area (Å²) in [5, 5.41) is 19.6. The molecule has 0 spiro atoms. The largest absolute Gasteiger partial charge is 0.499 e. The Labute approximate surface area is 103 Å². The van der Waals surface area contributed by atoms with Gasteiger partial charge in [-0.2, -0.15) is 0 Å². The smallest absolute Gasteiger partial charge is 0.423 e. The quantitative estimate of drug-likeness (QED) is 0.631. The molecule has 0 radical (unpaired) electrons. The molecular weight excluding hydrogens is 235 g/mol. The molecular formula is C12H11BO3S. The summed E-state index contributed by atoms with van der Waals surface area (Å²) in [7, 11) is -1.51. The maximum Gasteiger partial charge on any atom is 0.499 e. The zero-order chi connectivity index (χ0) is 12.4. The highest BCUT2D eigenvalue weighted by molar-refractivity contribution is 7.28. The van der Waals surface area contributed by atoms with Crippen molar-refractivity contribution in [1.82, 2.24) is 0 Å². The third kappa shape index (κ3) is 2.47. The van der Waals surface area contributed by atoms with Gasteiger partial charge in [-0.3, -0.25) is 4.79 Å². The molecule has 0 atom stereocenters. The van der Waals surface area contributed by atoms with Crippen LogP contribution >= 0.6 is 11.3 Å². The molecule has 0 aliphatic carbocycles. The second-order valence-corrected chi connectivity index (χ2v) is 4.78. The Hall–Kier alpha value is -1.43. The normalized spacial score (nSPS) is 11.2. The number of rotatable bonds is 3. The molecule has 0 amide bonds. The van der Waals surface area contributed by atoms with Crippen LogP contribution in [0.1, 0.15) is 12.5 Å². The Kier molecular flexibility index (Phi) is 3.42. The molecule has 0 saturated heterocycles. The maximum atomic E-state index is 10.9. The van der Waals surface area contributed by atoms with Crippen molar-refractivity contribution in [3.8, 4) is 0 Å². The Bertz CT molecular complexity index is 586. The van der Waals surface area contributed by atoms with Crippen molar-refractivity contribution < 1.29 is 14.8 Å². The third-order valence-electron chi connectivity index (χ3n) is 2.38. The van der Waals surface area contributed by atoms with Crippen LogP contribution in [-0.2, 0) is 4.79 Å². The number of benzene rings is 1. The third-order valence-corrected chi connectivity index (χ3v) is 3.61. The van der Waals surface area contributed by atoms with Gasteiger partial charge >= 0.3 is 7.12 Å². The summed E-state index contributed by atoms with van der Waals surface area (Å²) >= 11 is 1.32. The van der Waals surface area contributed by atoms with Gasteiger partial charge in [-0.05, 0) is 30.0 Å². The molecule has 2 rings (SSSR count). The molecule has 0 unspecified atom stereocenters.